The van der Waals surface area contributed by atoms with Crippen LogP contribution in [-0.2, 0) is 9.53 Å². The van der Waals surface area contributed by atoms with Gasteiger partial charge in [-0.15, -0.1) is 11.6 Å². The highest BCUT2D eigenvalue weighted by Gasteiger charge is 2.22. The fourth-order valence-electron chi connectivity index (χ4n) is 3.27. The average Bonchev–Trinajstić information content (AvgIpc) is 2.85. The third-order valence-electron chi connectivity index (χ3n) is 4.77. The van der Waals surface area contributed by atoms with Crippen LogP contribution in [0.25, 0.3) is 21.8 Å². The summed E-state index contributed by atoms with van der Waals surface area (Å²) in [5.41, 5.74) is 4.81. The lowest BCUT2D eigenvalue weighted by molar-refractivity contribution is -0.119. The van der Waals surface area contributed by atoms with Crippen LogP contribution in [0.5, 0.6) is 11.5 Å². The van der Waals surface area contributed by atoms with Gasteiger partial charge < -0.3 is 19.9 Å². The molecule has 2 N–H and O–H groups in total. The molecule has 0 fully saturated rings. The van der Waals surface area contributed by atoms with Crippen molar-refractivity contribution in [1.29, 1.82) is 0 Å². The molecular formula is C24H16ClF2N3O6. The zero-order valence-corrected chi connectivity index (χ0v) is 19.1. The summed E-state index contributed by atoms with van der Waals surface area (Å²) >= 11 is 5.66. The molecule has 0 aliphatic carbocycles. The molecule has 184 valence electrons. The van der Waals surface area contributed by atoms with Crippen molar-refractivity contribution in [2.24, 2.45) is 5.73 Å². The first-order valence-corrected chi connectivity index (χ1v) is 10.9. The lowest BCUT2D eigenvalue weighted by Crippen LogP contribution is -2.20. The van der Waals surface area contributed by atoms with Crippen molar-refractivity contribution in [2.75, 3.05) is 19.1 Å². The Labute approximate surface area is 206 Å². The maximum absolute atomic E-state index is 13.7. The highest BCUT2D eigenvalue weighted by Crippen LogP contribution is 2.29. The van der Waals surface area contributed by atoms with Crippen molar-refractivity contribution in [3.05, 3.63) is 71.6 Å². The number of nitrogens with two attached hydrogens (primary N) is 1. The highest BCUT2D eigenvalue weighted by molar-refractivity contribution is 6.18. The Kier molecular flexibility index (Phi) is 7.20. The van der Waals surface area contributed by atoms with Gasteiger partial charge in [0.25, 0.3) is 5.91 Å². The van der Waals surface area contributed by atoms with E-state index < -0.39 is 36.1 Å². The van der Waals surface area contributed by atoms with Gasteiger partial charge in [-0.05, 0) is 36.4 Å². The van der Waals surface area contributed by atoms with Gasteiger partial charge in [0, 0.05) is 22.9 Å². The third kappa shape index (κ3) is 5.47. The molecule has 4 rings (SSSR count). The summed E-state index contributed by atoms with van der Waals surface area (Å²) in [6, 6.07) is 9.45. The molecule has 0 saturated carbocycles. The van der Waals surface area contributed by atoms with Crippen molar-refractivity contribution < 1.29 is 37.4 Å². The van der Waals surface area contributed by atoms with E-state index in [0.717, 1.165) is 24.3 Å². The van der Waals surface area contributed by atoms with Crippen LogP contribution >= 0.6 is 11.6 Å². The number of fused-ring (bicyclic) bond motifs is 2. The second-order valence-corrected chi connectivity index (χ2v) is 7.68. The Bertz CT molecular complexity index is 1510. The maximum atomic E-state index is 13.7. The predicted molar refractivity (Wildman–Crippen MR) is 124 cm³/mol. The first-order valence-electron chi connectivity index (χ1n) is 10.3. The van der Waals surface area contributed by atoms with E-state index in [1.54, 1.807) is 0 Å². The lowest BCUT2D eigenvalue weighted by Gasteiger charge is -2.11. The number of aromatic nitrogens is 2. The molecule has 0 aliphatic heterocycles. The van der Waals surface area contributed by atoms with Crippen LogP contribution in [0.3, 0.4) is 0 Å². The van der Waals surface area contributed by atoms with Gasteiger partial charge >= 0.3 is 11.9 Å². The molecule has 9 nitrogen and oxygen atoms in total. The molecule has 4 aromatic rings. The molecule has 0 bridgehead atoms. The minimum Gasteiger partial charge on any atom is -0.492 e. The second kappa shape index (κ2) is 10.5. The summed E-state index contributed by atoms with van der Waals surface area (Å²) in [4.78, 5) is 44.8. The van der Waals surface area contributed by atoms with Crippen molar-refractivity contribution in [1.82, 2.24) is 9.97 Å². The number of carbonyl (C=O) groups excluding carboxylic acids is 3. The van der Waals surface area contributed by atoms with Gasteiger partial charge in [-0.2, -0.15) is 0 Å². The number of benzene rings is 2. The summed E-state index contributed by atoms with van der Waals surface area (Å²) in [6.07, 6.45) is 0. The van der Waals surface area contributed by atoms with E-state index in [2.05, 4.69) is 9.97 Å². The normalized spacial score (nSPS) is 10.9. The summed E-state index contributed by atoms with van der Waals surface area (Å²) in [6.45, 7) is -0.476. The number of alkyl halides is 1. The molecule has 0 aliphatic rings. The van der Waals surface area contributed by atoms with Crippen molar-refractivity contribution in [2.45, 2.75) is 0 Å². The number of nitrogens with zero attached hydrogens (tertiary/aromatic N) is 2. The maximum Gasteiger partial charge on any atom is 0.365 e. The number of ether oxygens (including phenoxy) is 3. The Morgan fingerprint density at radius 1 is 0.806 bits per heavy atom. The van der Waals surface area contributed by atoms with Crippen molar-refractivity contribution in [3.63, 3.8) is 0 Å². The Morgan fingerprint density at radius 2 is 1.31 bits per heavy atom. The van der Waals surface area contributed by atoms with Gasteiger partial charge in [0.15, 0.2) is 18.0 Å². The predicted octanol–water partition coefficient (Wildman–Crippen LogP) is 3.54. The Hall–Kier alpha value is -4.38. The number of pyridine rings is 2. The van der Waals surface area contributed by atoms with Gasteiger partial charge in [-0.1, -0.05) is 0 Å². The Balaban J connectivity index is 1.66. The van der Waals surface area contributed by atoms with Crippen LogP contribution < -0.4 is 15.2 Å². The minimum absolute atomic E-state index is 0.0692. The smallest absolute Gasteiger partial charge is 0.365 e. The molecule has 0 spiro atoms. The molecule has 1 amide bonds. The molecule has 12 heteroatoms. The fraction of sp³-hybridized carbons (Fsp3) is 0.125. The molecule has 0 unspecified atom stereocenters. The SMILES string of the molecule is NC(=O)COc1cc(C(=O)OC(=O)c2cc(OCCCl)c3cc(F)ccc3n2)nc2ccc(F)cc12. The number of carbonyl (C=O) groups is 3. The van der Waals surface area contributed by atoms with E-state index in [-0.39, 0.29) is 51.8 Å². The standard InChI is InChI=1S/C24H16ClF2N3O6/c25-5-6-34-20-9-18(29-16-3-1-12(26)7-14(16)20)23(32)36-24(33)19-10-21(35-11-22(28)31)15-8-13(27)2-4-17(15)30-19/h1-4,7-10H,5-6,11H2,(H2,28,31). The number of amides is 1. The monoisotopic (exact) mass is 515 g/mol. The van der Waals surface area contributed by atoms with Crippen molar-refractivity contribution in [3.8, 4) is 11.5 Å². The molecule has 2 aromatic carbocycles. The molecule has 0 radical (unpaired) electrons. The van der Waals surface area contributed by atoms with E-state index in [1.165, 1.54) is 24.3 Å². The van der Waals surface area contributed by atoms with Gasteiger partial charge in [-0.25, -0.2) is 28.3 Å². The highest BCUT2D eigenvalue weighted by atomic mass is 35.5. The fourth-order valence-corrected chi connectivity index (χ4v) is 3.35. The third-order valence-corrected chi connectivity index (χ3v) is 4.93. The molecular weight excluding hydrogens is 500 g/mol. The molecule has 2 aromatic heterocycles. The number of halogens is 3. The topological polar surface area (TPSA) is 131 Å². The van der Waals surface area contributed by atoms with E-state index in [1.807, 2.05) is 0 Å². The number of esters is 2. The van der Waals surface area contributed by atoms with Gasteiger partial charge in [0.05, 0.1) is 16.9 Å². The first-order chi connectivity index (χ1) is 17.2. The van der Waals surface area contributed by atoms with Gasteiger partial charge in [0.2, 0.25) is 0 Å². The quantitative estimate of drug-likeness (QED) is 0.214. The first kappa shape index (κ1) is 24.7. The summed E-state index contributed by atoms with van der Waals surface area (Å²) in [5, 5.41) is 0.464. The van der Waals surface area contributed by atoms with Crippen molar-refractivity contribution >= 4 is 51.3 Å². The van der Waals surface area contributed by atoms with Crippen LogP contribution in [-0.4, -0.2) is 46.9 Å². The van der Waals surface area contributed by atoms with E-state index in [4.69, 9.17) is 31.5 Å². The molecule has 0 atom stereocenters. The number of rotatable bonds is 8. The van der Waals surface area contributed by atoms with Gasteiger partial charge in [-0.3, -0.25) is 4.79 Å². The summed E-state index contributed by atoms with van der Waals surface area (Å²) < 4.78 is 43.1. The van der Waals surface area contributed by atoms with Gasteiger partial charge in [0.1, 0.15) is 29.7 Å². The van der Waals surface area contributed by atoms with Crippen LogP contribution in [0.15, 0.2) is 48.5 Å². The van der Waals surface area contributed by atoms with Crippen LogP contribution in [0, 0.1) is 11.6 Å². The lowest BCUT2D eigenvalue weighted by atomic mass is 10.1. The number of primary amides is 1. The summed E-state index contributed by atoms with van der Waals surface area (Å²) in [7, 11) is 0. The second-order valence-electron chi connectivity index (χ2n) is 7.30. The van der Waals surface area contributed by atoms with Crippen LogP contribution in [0.2, 0.25) is 0 Å². The van der Waals surface area contributed by atoms with E-state index >= 15 is 0 Å². The van der Waals surface area contributed by atoms with Crippen LogP contribution in [0.1, 0.15) is 21.0 Å². The summed E-state index contributed by atoms with van der Waals surface area (Å²) in [5.74, 6) is -4.06. The molecule has 36 heavy (non-hydrogen) atoms. The average molecular weight is 516 g/mol. The van der Waals surface area contributed by atoms with Crippen LogP contribution in [0.4, 0.5) is 8.78 Å². The minimum atomic E-state index is -1.17. The zero-order chi connectivity index (χ0) is 25.8. The van der Waals surface area contributed by atoms with E-state index in [0.29, 0.717) is 5.39 Å². The largest absolute Gasteiger partial charge is 0.492 e. The Morgan fingerprint density at radius 3 is 1.78 bits per heavy atom. The zero-order valence-electron chi connectivity index (χ0n) is 18.3. The number of hydrogen-bond acceptors (Lipinski definition) is 8. The van der Waals surface area contributed by atoms with E-state index in [9.17, 15) is 23.2 Å². The molecule has 2 heterocycles. The molecule has 0 saturated heterocycles. The number of hydrogen-bond donors (Lipinski definition) is 1.